The maximum atomic E-state index is 12.3. The van der Waals surface area contributed by atoms with Crippen molar-refractivity contribution in [1.82, 2.24) is 4.90 Å². The van der Waals surface area contributed by atoms with Gasteiger partial charge in [0, 0.05) is 18.5 Å². The van der Waals surface area contributed by atoms with Gasteiger partial charge >= 0.3 is 0 Å². The zero-order valence-electron chi connectivity index (χ0n) is 12.6. The van der Waals surface area contributed by atoms with Crippen molar-refractivity contribution in [2.75, 3.05) is 0 Å². The van der Waals surface area contributed by atoms with E-state index in [9.17, 15) is 4.79 Å². The highest BCUT2D eigenvalue weighted by molar-refractivity contribution is 5.84. The van der Waals surface area contributed by atoms with Crippen LogP contribution in [-0.4, -0.2) is 22.9 Å². The summed E-state index contributed by atoms with van der Waals surface area (Å²) in [7, 11) is 0. The Morgan fingerprint density at radius 2 is 1.86 bits per heavy atom. The number of carbonyl (C=O) groups is 1. The van der Waals surface area contributed by atoms with E-state index in [4.69, 9.17) is 5.73 Å². The van der Waals surface area contributed by atoms with Crippen LogP contribution in [0.4, 0.5) is 0 Å². The molecule has 0 radical (unpaired) electrons. The standard InChI is InChI=1S/C18H22N2O/c1-12(2)20-17(21)10-9-16(19)18(20)15-8-7-13-5-3-4-6-14(13)11-15/h3-8,11-12,16,18H,9-10,19H2,1-2H3. The zero-order valence-corrected chi connectivity index (χ0v) is 12.6. The van der Waals surface area contributed by atoms with Crippen LogP contribution in [0.3, 0.4) is 0 Å². The summed E-state index contributed by atoms with van der Waals surface area (Å²) in [4.78, 5) is 14.3. The van der Waals surface area contributed by atoms with Crippen LogP contribution in [0.1, 0.15) is 38.3 Å². The second-order valence-corrected chi connectivity index (χ2v) is 6.15. The van der Waals surface area contributed by atoms with Gasteiger partial charge in [0.25, 0.3) is 0 Å². The fourth-order valence-corrected chi connectivity index (χ4v) is 3.35. The summed E-state index contributed by atoms with van der Waals surface area (Å²) >= 11 is 0. The molecule has 1 aliphatic rings. The SMILES string of the molecule is CC(C)N1C(=O)CCC(N)C1c1ccc2ccccc2c1. The van der Waals surface area contributed by atoms with Gasteiger partial charge < -0.3 is 10.6 Å². The third-order valence-electron chi connectivity index (χ3n) is 4.36. The first-order valence-corrected chi connectivity index (χ1v) is 7.63. The predicted octanol–water partition coefficient (Wildman–Crippen LogP) is 3.24. The van der Waals surface area contributed by atoms with Crippen molar-refractivity contribution in [2.24, 2.45) is 5.73 Å². The number of carbonyl (C=O) groups excluding carboxylic acids is 1. The first-order chi connectivity index (χ1) is 10.1. The van der Waals surface area contributed by atoms with Crippen molar-refractivity contribution < 1.29 is 4.79 Å². The van der Waals surface area contributed by atoms with E-state index in [1.165, 1.54) is 10.8 Å². The first-order valence-electron chi connectivity index (χ1n) is 7.63. The van der Waals surface area contributed by atoms with Gasteiger partial charge in [0.2, 0.25) is 5.91 Å². The van der Waals surface area contributed by atoms with Gasteiger partial charge in [-0.1, -0.05) is 36.4 Å². The zero-order chi connectivity index (χ0) is 15.0. The topological polar surface area (TPSA) is 46.3 Å². The van der Waals surface area contributed by atoms with E-state index in [2.05, 4.69) is 44.2 Å². The van der Waals surface area contributed by atoms with Crippen molar-refractivity contribution in [3.63, 3.8) is 0 Å². The molecule has 1 fully saturated rings. The average Bonchev–Trinajstić information content (AvgIpc) is 2.48. The van der Waals surface area contributed by atoms with Gasteiger partial charge in [-0.2, -0.15) is 0 Å². The predicted molar refractivity (Wildman–Crippen MR) is 85.9 cm³/mol. The lowest BCUT2D eigenvalue weighted by Gasteiger charge is -2.42. The molecule has 1 aliphatic heterocycles. The molecule has 3 nitrogen and oxygen atoms in total. The molecular formula is C18H22N2O. The molecule has 3 heteroatoms. The minimum Gasteiger partial charge on any atom is -0.332 e. The first kappa shape index (κ1) is 14.1. The fraction of sp³-hybridized carbons (Fsp3) is 0.389. The number of nitrogens with two attached hydrogens (primary N) is 1. The van der Waals surface area contributed by atoms with Gasteiger partial charge in [-0.05, 0) is 42.7 Å². The summed E-state index contributed by atoms with van der Waals surface area (Å²) in [5.74, 6) is 0.213. The van der Waals surface area contributed by atoms with Gasteiger partial charge in [-0.25, -0.2) is 0 Å². The molecule has 2 aromatic carbocycles. The molecule has 0 saturated carbocycles. The van der Waals surface area contributed by atoms with Crippen LogP contribution < -0.4 is 5.73 Å². The summed E-state index contributed by atoms with van der Waals surface area (Å²) < 4.78 is 0. The molecule has 1 saturated heterocycles. The Balaban J connectivity index is 2.06. The van der Waals surface area contributed by atoms with Crippen LogP contribution in [0, 0.1) is 0 Å². The average molecular weight is 282 g/mol. The van der Waals surface area contributed by atoms with Crippen LogP contribution in [0.2, 0.25) is 0 Å². The number of piperidine rings is 1. The molecule has 0 bridgehead atoms. The molecule has 0 spiro atoms. The van der Waals surface area contributed by atoms with E-state index in [-0.39, 0.29) is 24.0 Å². The quantitative estimate of drug-likeness (QED) is 0.919. The Morgan fingerprint density at radius 3 is 2.57 bits per heavy atom. The molecule has 2 aromatic rings. The van der Waals surface area contributed by atoms with E-state index < -0.39 is 0 Å². The van der Waals surface area contributed by atoms with E-state index in [1.54, 1.807) is 0 Å². The Labute approximate surface area is 125 Å². The number of likely N-dealkylation sites (tertiary alicyclic amines) is 1. The molecular weight excluding hydrogens is 260 g/mol. The van der Waals surface area contributed by atoms with Gasteiger partial charge in [0.05, 0.1) is 6.04 Å². The highest BCUT2D eigenvalue weighted by atomic mass is 16.2. The largest absolute Gasteiger partial charge is 0.332 e. The fourth-order valence-electron chi connectivity index (χ4n) is 3.35. The monoisotopic (exact) mass is 282 g/mol. The van der Waals surface area contributed by atoms with Crippen LogP contribution in [0.25, 0.3) is 10.8 Å². The highest BCUT2D eigenvalue weighted by Gasteiger charge is 2.36. The summed E-state index contributed by atoms with van der Waals surface area (Å²) in [6, 6.07) is 14.8. The Morgan fingerprint density at radius 1 is 1.14 bits per heavy atom. The summed E-state index contributed by atoms with van der Waals surface area (Å²) in [6.07, 6.45) is 1.32. The number of rotatable bonds is 2. The second kappa shape index (κ2) is 5.49. The molecule has 1 amide bonds. The van der Waals surface area contributed by atoms with Crippen molar-refractivity contribution in [3.8, 4) is 0 Å². The summed E-state index contributed by atoms with van der Waals surface area (Å²) in [6.45, 7) is 4.12. The molecule has 0 aromatic heterocycles. The van der Waals surface area contributed by atoms with Crippen molar-refractivity contribution >= 4 is 16.7 Å². The number of hydrogen-bond donors (Lipinski definition) is 1. The molecule has 0 aliphatic carbocycles. The van der Waals surface area contributed by atoms with Gasteiger partial charge in [0.1, 0.15) is 0 Å². The minimum atomic E-state index is -0.0177. The van der Waals surface area contributed by atoms with Gasteiger partial charge in [-0.3, -0.25) is 4.79 Å². The molecule has 2 N–H and O–H groups in total. The molecule has 3 rings (SSSR count). The third kappa shape index (κ3) is 2.54. The number of fused-ring (bicyclic) bond motifs is 1. The van der Waals surface area contributed by atoms with E-state index >= 15 is 0 Å². The van der Waals surface area contributed by atoms with E-state index in [0.29, 0.717) is 6.42 Å². The lowest BCUT2D eigenvalue weighted by molar-refractivity contribution is -0.139. The molecule has 21 heavy (non-hydrogen) atoms. The van der Waals surface area contributed by atoms with E-state index in [0.717, 1.165) is 12.0 Å². The normalized spacial score (nSPS) is 23.0. The maximum Gasteiger partial charge on any atom is 0.223 e. The lowest BCUT2D eigenvalue weighted by atomic mass is 9.88. The van der Waals surface area contributed by atoms with Crippen molar-refractivity contribution in [3.05, 3.63) is 48.0 Å². The highest BCUT2D eigenvalue weighted by Crippen LogP contribution is 2.33. The van der Waals surface area contributed by atoms with Crippen LogP contribution in [0.5, 0.6) is 0 Å². The Bertz CT molecular complexity index is 665. The van der Waals surface area contributed by atoms with Gasteiger partial charge in [0.15, 0.2) is 0 Å². The van der Waals surface area contributed by atoms with Crippen LogP contribution in [0.15, 0.2) is 42.5 Å². The van der Waals surface area contributed by atoms with Gasteiger partial charge in [-0.15, -0.1) is 0 Å². The number of nitrogens with zero attached hydrogens (tertiary/aromatic N) is 1. The molecule has 110 valence electrons. The van der Waals surface area contributed by atoms with Crippen LogP contribution >= 0.6 is 0 Å². The van der Waals surface area contributed by atoms with E-state index in [1.807, 2.05) is 17.0 Å². The number of benzene rings is 2. The van der Waals surface area contributed by atoms with Crippen LogP contribution in [-0.2, 0) is 4.79 Å². The van der Waals surface area contributed by atoms with Crippen molar-refractivity contribution in [2.45, 2.75) is 44.8 Å². The molecule has 2 atom stereocenters. The summed E-state index contributed by atoms with van der Waals surface area (Å²) in [5.41, 5.74) is 7.49. The smallest absolute Gasteiger partial charge is 0.223 e. The summed E-state index contributed by atoms with van der Waals surface area (Å²) in [5, 5.41) is 2.41. The number of amides is 1. The van der Waals surface area contributed by atoms with Crippen molar-refractivity contribution in [1.29, 1.82) is 0 Å². The minimum absolute atomic E-state index is 0.00580. The molecule has 1 heterocycles. The Hall–Kier alpha value is -1.87. The lowest BCUT2D eigenvalue weighted by Crippen LogP contribution is -2.51. The maximum absolute atomic E-state index is 12.3. The Kier molecular flexibility index (Phi) is 3.68. The molecule has 2 unspecified atom stereocenters. The second-order valence-electron chi connectivity index (χ2n) is 6.15. The third-order valence-corrected chi connectivity index (χ3v) is 4.36. The number of hydrogen-bond acceptors (Lipinski definition) is 2.